The third kappa shape index (κ3) is 4.60. The fourth-order valence-electron chi connectivity index (χ4n) is 6.89. The zero-order valence-electron chi connectivity index (χ0n) is 31.5. The average Bonchev–Trinajstić information content (AvgIpc) is 3.78. The van der Waals surface area contributed by atoms with E-state index in [0.29, 0.717) is 28.1 Å². The van der Waals surface area contributed by atoms with Crippen molar-refractivity contribution >= 4 is 43.7 Å². The summed E-state index contributed by atoms with van der Waals surface area (Å²) >= 11 is 0. The summed E-state index contributed by atoms with van der Waals surface area (Å²) in [5.41, 5.74) is 7.95. The summed E-state index contributed by atoms with van der Waals surface area (Å²) in [6, 6.07) is 44.4. The van der Waals surface area contributed by atoms with E-state index in [0.717, 1.165) is 49.4 Å². The van der Waals surface area contributed by atoms with Gasteiger partial charge in [-0.1, -0.05) is 127 Å². The molecule has 0 N–H and O–H groups in total. The Morgan fingerprint density at radius 2 is 1.16 bits per heavy atom. The maximum absolute atomic E-state index is 8.71. The molecule has 10 rings (SSSR count). The van der Waals surface area contributed by atoms with Crippen molar-refractivity contribution in [3.05, 3.63) is 170 Å². The Morgan fingerprint density at radius 3 is 1.98 bits per heavy atom. The van der Waals surface area contributed by atoms with Gasteiger partial charge in [-0.05, 0) is 53.6 Å². The van der Waals surface area contributed by atoms with Crippen LogP contribution in [0.3, 0.4) is 0 Å². The van der Waals surface area contributed by atoms with Gasteiger partial charge in [-0.3, -0.25) is 0 Å². The van der Waals surface area contributed by atoms with Crippen molar-refractivity contribution in [3.63, 3.8) is 0 Å². The summed E-state index contributed by atoms with van der Waals surface area (Å²) in [6.07, 6.45) is 0. The van der Waals surface area contributed by atoms with Crippen LogP contribution in [0.1, 0.15) is 6.85 Å². The zero-order valence-corrected chi connectivity index (χ0v) is 26.5. The number of fused-ring (bicyclic) bond motifs is 6. The maximum Gasteiger partial charge on any atom is 0.164 e. The van der Waals surface area contributed by atoms with Crippen molar-refractivity contribution in [3.8, 4) is 51.0 Å². The van der Waals surface area contributed by atoms with Crippen molar-refractivity contribution in [1.82, 2.24) is 19.5 Å². The van der Waals surface area contributed by atoms with Crippen molar-refractivity contribution in [2.24, 2.45) is 0 Å². The van der Waals surface area contributed by atoms with E-state index in [1.165, 1.54) is 0 Å². The van der Waals surface area contributed by atoms with Crippen LogP contribution in [0, 0.1) is 0 Å². The molecule has 0 radical (unpaired) electrons. The van der Waals surface area contributed by atoms with Crippen LogP contribution in [-0.4, -0.2) is 19.5 Å². The van der Waals surface area contributed by atoms with Crippen LogP contribution in [0.2, 0.25) is 0 Å². The Labute approximate surface area is 294 Å². The number of aromatic nitrogens is 4. The lowest BCUT2D eigenvalue weighted by atomic mass is 10.0. The van der Waals surface area contributed by atoms with Crippen LogP contribution >= 0.6 is 0 Å². The van der Waals surface area contributed by atoms with Crippen molar-refractivity contribution < 1.29 is 11.3 Å². The summed E-state index contributed by atoms with van der Waals surface area (Å²) in [6.45, 7) is 0. The van der Waals surface area contributed by atoms with Crippen molar-refractivity contribution in [1.29, 1.82) is 0 Å². The first-order chi connectivity index (χ1) is 26.9. The summed E-state index contributed by atoms with van der Waals surface area (Å²) < 4.78 is 50.9. The fourth-order valence-corrected chi connectivity index (χ4v) is 6.89. The molecule has 234 valence electrons. The summed E-state index contributed by atoms with van der Waals surface area (Å²) in [5, 5.41) is 3.92. The molecule has 5 nitrogen and oxygen atoms in total. The van der Waals surface area contributed by atoms with Gasteiger partial charge in [-0.15, -0.1) is 0 Å². The van der Waals surface area contributed by atoms with Crippen LogP contribution in [0.25, 0.3) is 94.7 Å². The van der Waals surface area contributed by atoms with E-state index < -0.39 is 18.1 Å². The standard InChI is InChI=1S/C45H28N4O/c1-4-13-29(14-5-1)32-23-25-39-36(27-32)34-19-10-11-21-38(34)49(39)33-24-26-40-37(28-33)42-35(20-12-22-41(42)50-40)45-47-43(30-15-6-2-7-16-30)46-44(48-45)31-17-8-3-9-18-31/h1-28H/i2D,6D,7D,15D,16D. The smallest absolute Gasteiger partial charge is 0.164 e. The number of benzene rings is 7. The lowest BCUT2D eigenvalue weighted by Crippen LogP contribution is -2.00. The molecule has 0 fully saturated rings. The predicted molar refractivity (Wildman–Crippen MR) is 203 cm³/mol. The number of rotatable bonds is 5. The molecule has 0 aliphatic heterocycles. The number of nitrogens with zero attached hydrogens (tertiary/aromatic N) is 4. The van der Waals surface area contributed by atoms with Gasteiger partial charge in [0.1, 0.15) is 11.2 Å². The Hall–Kier alpha value is -6.85. The van der Waals surface area contributed by atoms with E-state index in [4.69, 9.17) is 21.2 Å². The van der Waals surface area contributed by atoms with E-state index in [1.54, 1.807) is 0 Å². The van der Waals surface area contributed by atoms with Gasteiger partial charge < -0.3 is 8.98 Å². The largest absolute Gasteiger partial charge is 0.456 e. The maximum atomic E-state index is 8.71. The van der Waals surface area contributed by atoms with Crippen LogP contribution in [0.5, 0.6) is 0 Å². The highest BCUT2D eigenvalue weighted by atomic mass is 16.3. The number of furan rings is 1. The molecule has 3 heterocycles. The third-order valence-electron chi connectivity index (χ3n) is 9.15. The highest BCUT2D eigenvalue weighted by Gasteiger charge is 2.19. The molecule has 0 aliphatic carbocycles. The molecule has 50 heavy (non-hydrogen) atoms. The second-order valence-corrected chi connectivity index (χ2v) is 12.1. The molecular formula is C45H28N4O. The summed E-state index contributed by atoms with van der Waals surface area (Å²) in [5.74, 6) is 0.559. The molecule has 0 atom stereocenters. The monoisotopic (exact) mass is 645 g/mol. The van der Waals surface area contributed by atoms with Crippen LogP contribution in [0.15, 0.2) is 174 Å². The zero-order chi connectivity index (χ0) is 37.4. The average molecular weight is 646 g/mol. The predicted octanol–water partition coefficient (Wildman–Crippen LogP) is 11.5. The molecule has 0 aliphatic rings. The van der Waals surface area contributed by atoms with Crippen LogP contribution < -0.4 is 0 Å². The molecule has 3 aromatic heterocycles. The number of hydrogen-bond acceptors (Lipinski definition) is 4. The van der Waals surface area contributed by atoms with E-state index in [9.17, 15) is 0 Å². The molecule has 5 heteroatoms. The van der Waals surface area contributed by atoms with E-state index >= 15 is 0 Å². The lowest BCUT2D eigenvalue weighted by molar-refractivity contribution is 0.669. The van der Waals surface area contributed by atoms with Gasteiger partial charge >= 0.3 is 0 Å². The van der Waals surface area contributed by atoms with Gasteiger partial charge in [0, 0.05) is 43.9 Å². The molecule has 0 unspecified atom stereocenters. The minimum atomic E-state index is -0.485. The Balaban J connectivity index is 1.21. The number of para-hydroxylation sites is 1. The van der Waals surface area contributed by atoms with Gasteiger partial charge in [0.2, 0.25) is 0 Å². The van der Waals surface area contributed by atoms with Crippen LogP contribution in [0.4, 0.5) is 0 Å². The molecule has 0 bridgehead atoms. The van der Waals surface area contributed by atoms with Gasteiger partial charge in [0.25, 0.3) is 0 Å². The minimum absolute atomic E-state index is 0.0218. The second kappa shape index (κ2) is 11.4. The summed E-state index contributed by atoms with van der Waals surface area (Å²) in [7, 11) is 0. The minimum Gasteiger partial charge on any atom is -0.456 e. The fraction of sp³-hybridized carbons (Fsp3) is 0. The first-order valence-corrected chi connectivity index (χ1v) is 16.3. The molecule has 0 amide bonds. The SMILES string of the molecule is [2H]c1c([2H])c([2H])c(-c2nc(-c3ccccc3)nc(-c3cccc4oc5ccc(-n6c7ccccc7c7cc(-c8ccccc8)ccc76)cc5c34)n2)c([2H])c1[2H]. The lowest BCUT2D eigenvalue weighted by Gasteiger charge is -2.10. The normalized spacial score (nSPS) is 13.0. The Morgan fingerprint density at radius 1 is 0.460 bits per heavy atom. The molecule has 0 saturated heterocycles. The van der Waals surface area contributed by atoms with Crippen LogP contribution in [-0.2, 0) is 0 Å². The van der Waals surface area contributed by atoms with E-state index in [2.05, 4.69) is 88.4 Å². The first kappa shape index (κ1) is 23.5. The van der Waals surface area contributed by atoms with Gasteiger partial charge in [0.15, 0.2) is 17.5 Å². The molecule has 0 spiro atoms. The van der Waals surface area contributed by atoms with Crippen molar-refractivity contribution in [2.45, 2.75) is 0 Å². The van der Waals surface area contributed by atoms with Gasteiger partial charge in [0.05, 0.1) is 17.9 Å². The van der Waals surface area contributed by atoms with Gasteiger partial charge in [-0.25, -0.2) is 15.0 Å². The topological polar surface area (TPSA) is 56.7 Å². The Bertz CT molecular complexity index is 3130. The highest BCUT2D eigenvalue weighted by molar-refractivity contribution is 6.14. The molecule has 0 saturated carbocycles. The van der Waals surface area contributed by atoms with Gasteiger partial charge in [-0.2, -0.15) is 0 Å². The third-order valence-corrected chi connectivity index (χ3v) is 9.15. The van der Waals surface area contributed by atoms with E-state index in [-0.39, 0.29) is 29.3 Å². The van der Waals surface area contributed by atoms with Crippen molar-refractivity contribution in [2.75, 3.05) is 0 Å². The van der Waals surface area contributed by atoms with E-state index in [1.807, 2.05) is 60.7 Å². The second-order valence-electron chi connectivity index (χ2n) is 12.1. The molecule has 10 aromatic rings. The molecular weight excluding hydrogens is 613 g/mol. The number of hydrogen-bond donors (Lipinski definition) is 0. The Kier molecular flexibility index (Phi) is 5.35. The molecule has 7 aromatic carbocycles. The first-order valence-electron chi connectivity index (χ1n) is 18.8. The quantitative estimate of drug-likeness (QED) is 0.187. The highest BCUT2D eigenvalue weighted by Crippen LogP contribution is 2.40. The summed E-state index contributed by atoms with van der Waals surface area (Å²) in [4.78, 5) is 14.4.